The van der Waals surface area contributed by atoms with Crippen LogP contribution in [0.15, 0.2) is 0 Å². The third-order valence-corrected chi connectivity index (χ3v) is 3.76. The van der Waals surface area contributed by atoms with Crippen LogP contribution in [0, 0.1) is 0 Å². The Morgan fingerprint density at radius 1 is 0.667 bits per heavy atom. The number of carbonyl (C=O) groups is 1. The van der Waals surface area contributed by atoms with Crippen molar-refractivity contribution >= 4 is 5.97 Å². The molecule has 0 fully saturated rings. The van der Waals surface area contributed by atoms with Crippen LogP contribution in [-0.4, -0.2) is 12.6 Å². The first-order chi connectivity index (χ1) is 10.3. The van der Waals surface area contributed by atoms with E-state index in [1.807, 2.05) is 0 Å². The number of unbranched alkanes of at least 4 members (excludes halogenated alkanes) is 13. The van der Waals surface area contributed by atoms with Gasteiger partial charge in [-0.3, -0.25) is 4.89 Å². The highest BCUT2D eigenvalue weighted by molar-refractivity contribution is 5.65. The molecule has 3 heteroatoms. The van der Waals surface area contributed by atoms with Crippen LogP contribution in [0.4, 0.5) is 0 Å². The van der Waals surface area contributed by atoms with Crippen molar-refractivity contribution in [2.75, 3.05) is 6.61 Å². The summed E-state index contributed by atoms with van der Waals surface area (Å²) in [5.41, 5.74) is 0. The highest BCUT2D eigenvalue weighted by Gasteiger charge is 1.96. The van der Waals surface area contributed by atoms with Crippen LogP contribution in [0.3, 0.4) is 0 Å². The van der Waals surface area contributed by atoms with Crippen LogP contribution in [0.25, 0.3) is 0 Å². The maximum atomic E-state index is 10.4. The maximum absolute atomic E-state index is 10.4. The van der Waals surface area contributed by atoms with Gasteiger partial charge in [-0.1, -0.05) is 90.4 Å². The van der Waals surface area contributed by atoms with Crippen LogP contribution < -0.4 is 0 Å². The molecule has 0 aromatic heterocycles. The first-order valence-corrected chi connectivity index (χ1v) is 9.07. The molecule has 126 valence electrons. The van der Waals surface area contributed by atoms with Crippen LogP contribution in [-0.2, 0) is 14.6 Å². The van der Waals surface area contributed by atoms with E-state index in [1.165, 1.54) is 90.4 Å². The molecule has 0 aromatic carbocycles. The lowest BCUT2D eigenvalue weighted by molar-refractivity contribution is -0.270. The van der Waals surface area contributed by atoms with Gasteiger partial charge in [-0.25, -0.2) is 4.79 Å². The summed E-state index contributed by atoms with van der Waals surface area (Å²) in [4.78, 5) is 19.6. The van der Waals surface area contributed by atoms with Crippen molar-refractivity contribution in [1.82, 2.24) is 0 Å². The van der Waals surface area contributed by atoms with E-state index in [0.717, 1.165) is 6.42 Å². The molecular formula is C18H36O3. The van der Waals surface area contributed by atoms with Crippen molar-refractivity contribution in [2.24, 2.45) is 0 Å². The third-order valence-electron chi connectivity index (χ3n) is 3.76. The van der Waals surface area contributed by atoms with E-state index in [0.29, 0.717) is 6.61 Å². The van der Waals surface area contributed by atoms with Gasteiger partial charge in [0.15, 0.2) is 0 Å². The zero-order valence-corrected chi connectivity index (χ0v) is 14.3. The van der Waals surface area contributed by atoms with E-state index in [9.17, 15) is 4.79 Å². The Morgan fingerprint density at radius 2 is 1.05 bits per heavy atom. The van der Waals surface area contributed by atoms with E-state index < -0.39 is 0 Å². The molecule has 0 saturated carbocycles. The average molecular weight is 300 g/mol. The van der Waals surface area contributed by atoms with Gasteiger partial charge >= 0.3 is 5.97 Å². The number of hydrogen-bond acceptors (Lipinski definition) is 3. The Balaban J connectivity index is 2.95. The Bertz CT molecular complexity index is 217. The van der Waals surface area contributed by atoms with Gasteiger partial charge in [0.05, 0.1) is 6.61 Å². The summed E-state index contributed by atoms with van der Waals surface area (Å²) < 4.78 is 0. The molecule has 0 atom stereocenters. The largest absolute Gasteiger partial charge is 0.339 e. The molecule has 0 bridgehead atoms. The molecule has 0 spiro atoms. The molecule has 0 unspecified atom stereocenters. The number of carbonyl (C=O) groups excluding carboxylic acids is 1. The molecule has 0 aliphatic heterocycles. The molecule has 0 aromatic rings. The first kappa shape index (κ1) is 20.4. The Labute approximate surface area is 131 Å². The fourth-order valence-corrected chi connectivity index (χ4v) is 2.48. The Hall–Kier alpha value is -0.570. The van der Waals surface area contributed by atoms with Crippen molar-refractivity contribution in [3.05, 3.63) is 0 Å². The molecule has 0 N–H and O–H groups in total. The summed E-state index contributed by atoms with van der Waals surface area (Å²) in [6.45, 7) is 4.15. The normalized spacial score (nSPS) is 10.8. The number of rotatable bonds is 16. The fourth-order valence-electron chi connectivity index (χ4n) is 2.48. The number of hydrogen-bond donors (Lipinski definition) is 0. The van der Waals surface area contributed by atoms with E-state index in [2.05, 4.69) is 11.8 Å². The minimum atomic E-state index is -0.375. The SMILES string of the molecule is CCCCCCCCCCCCCCCCOOC(C)=O. The summed E-state index contributed by atoms with van der Waals surface area (Å²) in [5, 5.41) is 0. The summed E-state index contributed by atoms with van der Waals surface area (Å²) in [5.74, 6) is -0.375. The smallest absolute Gasteiger partial charge is 0.299 e. The second kappa shape index (κ2) is 17.5. The predicted octanol–water partition coefficient (Wildman–Crippen LogP) is 5.96. The topological polar surface area (TPSA) is 35.5 Å². The van der Waals surface area contributed by atoms with Crippen molar-refractivity contribution in [3.8, 4) is 0 Å². The second-order valence-electron chi connectivity index (χ2n) is 5.99. The lowest BCUT2D eigenvalue weighted by atomic mass is 10.0. The van der Waals surface area contributed by atoms with Crippen molar-refractivity contribution < 1.29 is 14.6 Å². The van der Waals surface area contributed by atoms with E-state index in [-0.39, 0.29) is 5.97 Å². The quantitative estimate of drug-likeness (QED) is 0.200. The van der Waals surface area contributed by atoms with Gasteiger partial charge in [-0.2, -0.15) is 4.89 Å². The van der Waals surface area contributed by atoms with Gasteiger partial charge in [0.1, 0.15) is 0 Å². The average Bonchev–Trinajstić information content (AvgIpc) is 2.46. The van der Waals surface area contributed by atoms with Crippen LogP contribution in [0.5, 0.6) is 0 Å². The van der Waals surface area contributed by atoms with Crippen molar-refractivity contribution in [3.63, 3.8) is 0 Å². The standard InChI is InChI=1S/C18H36O3/c1-3-4-5-6-7-8-9-10-11-12-13-14-15-16-17-20-21-18(2)19/h3-17H2,1-2H3. The predicted molar refractivity (Wildman–Crippen MR) is 88.0 cm³/mol. The first-order valence-electron chi connectivity index (χ1n) is 9.07. The van der Waals surface area contributed by atoms with E-state index in [4.69, 9.17) is 4.89 Å². The molecule has 0 aliphatic rings. The molecule has 21 heavy (non-hydrogen) atoms. The molecule has 0 aliphatic carbocycles. The van der Waals surface area contributed by atoms with Gasteiger partial charge in [-0.15, -0.1) is 0 Å². The molecular weight excluding hydrogens is 264 g/mol. The minimum Gasteiger partial charge on any atom is -0.299 e. The van der Waals surface area contributed by atoms with Crippen LogP contribution in [0.1, 0.15) is 104 Å². The van der Waals surface area contributed by atoms with Gasteiger partial charge in [0, 0.05) is 6.92 Å². The zero-order valence-electron chi connectivity index (χ0n) is 14.3. The van der Waals surface area contributed by atoms with Gasteiger partial charge in [-0.05, 0) is 6.42 Å². The summed E-state index contributed by atoms with van der Waals surface area (Å²) in [6.07, 6.45) is 18.8. The molecule has 0 heterocycles. The second-order valence-corrected chi connectivity index (χ2v) is 5.99. The summed E-state index contributed by atoms with van der Waals surface area (Å²) >= 11 is 0. The molecule has 0 rings (SSSR count). The summed E-state index contributed by atoms with van der Waals surface area (Å²) in [6, 6.07) is 0. The van der Waals surface area contributed by atoms with Gasteiger partial charge in [0.2, 0.25) is 0 Å². The van der Waals surface area contributed by atoms with Gasteiger partial charge in [0.25, 0.3) is 0 Å². The highest BCUT2D eigenvalue weighted by Crippen LogP contribution is 2.12. The minimum absolute atomic E-state index is 0.375. The Kier molecular flexibility index (Phi) is 17.0. The lowest BCUT2D eigenvalue weighted by Gasteiger charge is -2.03. The third kappa shape index (κ3) is 19.4. The Morgan fingerprint density at radius 3 is 1.43 bits per heavy atom. The lowest BCUT2D eigenvalue weighted by Crippen LogP contribution is -2.01. The van der Waals surface area contributed by atoms with Crippen molar-refractivity contribution in [2.45, 2.75) is 104 Å². The fraction of sp³-hybridized carbons (Fsp3) is 0.944. The monoisotopic (exact) mass is 300 g/mol. The molecule has 3 nitrogen and oxygen atoms in total. The van der Waals surface area contributed by atoms with Gasteiger partial charge < -0.3 is 0 Å². The zero-order chi connectivity index (χ0) is 15.6. The van der Waals surface area contributed by atoms with Crippen LogP contribution >= 0.6 is 0 Å². The molecule has 0 radical (unpaired) electrons. The van der Waals surface area contributed by atoms with E-state index >= 15 is 0 Å². The van der Waals surface area contributed by atoms with Crippen molar-refractivity contribution in [1.29, 1.82) is 0 Å². The molecule has 0 saturated heterocycles. The maximum Gasteiger partial charge on any atom is 0.339 e. The summed E-state index contributed by atoms with van der Waals surface area (Å²) in [7, 11) is 0. The highest BCUT2D eigenvalue weighted by atomic mass is 17.2. The van der Waals surface area contributed by atoms with Crippen LogP contribution in [0.2, 0.25) is 0 Å². The van der Waals surface area contributed by atoms with E-state index in [1.54, 1.807) is 0 Å². The molecule has 0 amide bonds.